The van der Waals surface area contributed by atoms with Gasteiger partial charge in [0.2, 0.25) is 11.7 Å². The molecule has 2 aromatic heterocycles. The number of benzene rings is 2. The molecule has 0 radical (unpaired) electrons. The lowest BCUT2D eigenvalue weighted by Gasteiger charge is -2.13. The van der Waals surface area contributed by atoms with Crippen LogP contribution in [0.2, 0.25) is 0 Å². The predicted molar refractivity (Wildman–Crippen MR) is 136 cm³/mol. The molecule has 1 aliphatic rings. The molecule has 1 unspecified atom stereocenters. The molecule has 0 spiro atoms. The molecule has 0 fully saturated rings. The van der Waals surface area contributed by atoms with Crippen molar-refractivity contribution in [1.29, 1.82) is 0 Å². The molecule has 1 aliphatic heterocycles. The summed E-state index contributed by atoms with van der Waals surface area (Å²) in [6, 6.07) is 11.0. The molecule has 1 N–H and O–H groups in total. The smallest absolute Gasteiger partial charge is 0.263 e. The van der Waals surface area contributed by atoms with E-state index < -0.39 is 0 Å². The maximum absolute atomic E-state index is 12.9. The van der Waals surface area contributed by atoms with Gasteiger partial charge in [-0.1, -0.05) is 30.0 Å². The van der Waals surface area contributed by atoms with Crippen molar-refractivity contribution in [3.8, 4) is 11.5 Å². The summed E-state index contributed by atoms with van der Waals surface area (Å²) in [4.78, 5) is 25.8. The van der Waals surface area contributed by atoms with Crippen molar-refractivity contribution < 1.29 is 14.3 Å². The minimum absolute atomic E-state index is 0.0929. The standard InChI is InChI=1S/C25H25N5O4S/c1-4-10-29-23(32)17-8-6-7-9-19(17)30-24(29)27-28-25(30)35-14-22(31)26-18-13-20-16(11-15(3)34-20)12-21(18)33-5-2/h4,6-9,12-13,15H,1,5,10-11,14H2,2-3H3,(H,26,31). The van der Waals surface area contributed by atoms with E-state index in [1.165, 1.54) is 16.3 Å². The fourth-order valence-corrected chi connectivity index (χ4v) is 4.99. The molecule has 9 nitrogen and oxygen atoms in total. The summed E-state index contributed by atoms with van der Waals surface area (Å²) in [5.74, 6) is 1.66. The number of ether oxygens (including phenoxy) is 2. The van der Waals surface area contributed by atoms with Crippen molar-refractivity contribution in [1.82, 2.24) is 19.2 Å². The number of amides is 1. The van der Waals surface area contributed by atoms with Gasteiger partial charge < -0.3 is 14.8 Å². The Balaban J connectivity index is 1.42. The highest BCUT2D eigenvalue weighted by atomic mass is 32.2. The molecule has 10 heteroatoms. The molecular weight excluding hydrogens is 466 g/mol. The quantitative estimate of drug-likeness (QED) is 0.296. The molecule has 0 aliphatic carbocycles. The average molecular weight is 492 g/mol. The second-order valence-corrected chi connectivity index (χ2v) is 9.14. The number of nitrogens with one attached hydrogen (secondary N) is 1. The first-order valence-electron chi connectivity index (χ1n) is 11.4. The highest BCUT2D eigenvalue weighted by molar-refractivity contribution is 7.99. The van der Waals surface area contributed by atoms with Crippen LogP contribution in [0.4, 0.5) is 5.69 Å². The van der Waals surface area contributed by atoms with Gasteiger partial charge in [-0.2, -0.15) is 0 Å². The van der Waals surface area contributed by atoms with E-state index in [4.69, 9.17) is 9.47 Å². The van der Waals surface area contributed by atoms with Crippen molar-refractivity contribution in [2.24, 2.45) is 0 Å². The number of hydrogen-bond acceptors (Lipinski definition) is 7. The molecule has 35 heavy (non-hydrogen) atoms. The van der Waals surface area contributed by atoms with Crippen LogP contribution in [0, 0.1) is 0 Å². The van der Waals surface area contributed by atoms with E-state index in [2.05, 4.69) is 22.1 Å². The highest BCUT2D eigenvalue weighted by Gasteiger charge is 2.23. The van der Waals surface area contributed by atoms with Gasteiger partial charge in [0.15, 0.2) is 5.16 Å². The van der Waals surface area contributed by atoms with Crippen LogP contribution in [-0.2, 0) is 17.8 Å². The molecule has 180 valence electrons. The van der Waals surface area contributed by atoms with Crippen LogP contribution >= 0.6 is 11.8 Å². The topological polar surface area (TPSA) is 99.8 Å². The maximum Gasteiger partial charge on any atom is 0.263 e. The molecule has 2 aromatic carbocycles. The lowest BCUT2D eigenvalue weighted by atomic mass is 10.1. The predicted octanol–water partition coefficient (Wildman–Crippen LogP) is 3.68. The fraction of sp³-hybridized carbons (Fsp3) is 0.280. The second kappa shape index (κ2) is 9.46. The van der Waals surface area contributed by atoms with Gasteiger partial charge in [-0.25, -0.2) is 0 Å². The summed E-state index contributed by atoms with van der Waals surface area (Å²) in [6.07, 6.45) is 2.54. The minimum atomic E-state index is -0.220. The Morgan fingerprint density at radius 2 is 2.17 bits per heavy atom. The van der Waals surface area contributed by atoms with Gasteiger partial charge in [-0.05, 0) is 32.0 Å². The zero-order chi connectivity index (χ0) is 24.5. The number of aromatic nitrogens is 4. The van der Waals surface area contributed by atoms with E-state index >= 15 is 0 Å². The van der Waals surface area contributed by atoms with Crippen LogP contribution < -0.4 is 20.3 Å². The number of thioether (sulfide) groups is 1. The summed E-state index contributed by atoms with van der Waals surface area (Å²) < 4.78 is 14.9. The zero-order valence-corrected chi connectivity index (χ0v) is 20.3. The molecule has 0 saturated heterocycles. The van der Waals surface area contributed by atoms with E-state index in [1.54, 1.807) is 16.5 Å². The van der Waals surface area contributed by atoms with Crippen LogP contribution in [0.5, 0.6) is 11.5 Å². The van der Waals surface area contributed by atoms with Gasteiger partial charge in [0.1, 0.15) is 17.6 Å². The third-order valence-corrected chi connectivity index (χ3v) is 6.62. The normalized spacial score (nSPS) is 14.6. The first kappa shape index (κ1) is 23.0. The molecule has 0 bridgehead atoms. The van der Waals surface area contributed by atoms with Gasteiger partial charge >= 0.3 is 0 Å². The molecule has 5 rings (SSSR count). The van der Waals surface area contributed by atoms with Gasteiger partial charge in [-0.15, -0.1) is 16.8 Å². The number of carbonyl (C=O) groups excluding carboxylic acids is 1. The Bertz CT molecular complexity index is 1510. The number of fused-ring (bicyclic) bond motifs is 4. The number of carbonyl (C=O) groups is 1. The van der Waals surface area contributed by atoms with E-state index in [1.807, 2.05) is 44.2 Å². The first-order valence-corrected chi connectivity index (χ1v) is 12.3. The largest absolute Gasteiger partial charge is 0.492 e. The minimum Gasteiger partial charge on any atom is -0.492 e. The van der Waals surface area contributed by atoms with Crippen LogP contribution in [-0.4, -0.2) is 43.5 Å². The van der Waals surface area contributed by atoms with E-state index in [9.17, 15) is 9.59 Å². The lowest BCUT2D eigenvalue weighted by molar-refractivity contribution is -0.113. The molecule has 1 amide bonds. The summed E-state index contributed by atoms with van der Waals surface area (Å²) >= 11 is 1.24. The van der Waals surface area contributed by atoms with Gasteiger partial charge in [0, 0.05) is 24.6 Å². The van der Waals surface area contributed by atoms with Crippen LogP contribution in [0.1, 0.15) is 19.4 Å². The molecule has 3 heterocycles. The highest BCUT2D eigenvalue weighted by Crippen LogP contribution is 2.38. The van der Waals surface area contributed by atoms with Gasteiger partial charge in [0.25, 0.3) is 5.56 Å². The van der Waals surface area contributed by atoms with Crippen molar-refractivity contribution >= 4 is 40.0 Å². The van der Waals surface area contributed by atoms with Crippen LogP contribution in [0.15, 0.2) is 59.0 Å². The molecule has 4 aromatic rings. The molecular formula is C25H25N5O4S. The summed E-state index contributed by atoms with van der Waals surface area (Å²) in [5, 5.41) is 12.5. The summed E-state index contributed by atoms with van der Waals surface area (Å²) in [6.45, 7) is 8.44. The Morgan fingerprint density at radius 1 is 1.34 bits per heavy atom. The number of hydrogen-bond donors (Lipinski definition) is 1. The molecule has 1 atom stereocenters. The number of para-hydroxylation sites is 1. The van der Waals surface area contributed by atoms with Crippen LogP contribution in [0.3, 0.4) is 0 Å². The summed E-state index contributed by atoms with van der Waals surface area (Å²) in [5.41, 5.74) is 2.16. The number of nitrogens with zero attached hydrogens (tertiary/aromatic N) is 4. The van der Waals surface area contributed by atoms with E-state index in [0.717, 1.165) is 17.7 Å². The maximum atomic E-state index is 12.9. The summed E-state index contributed by atoms with van der Waals surface area (Å²) in [7, 11) is 0. The third kappa shape index (κ3) is 4.25. The average Bonchev–Trinajstić information content (AvgIpc) is 3.43. The Morgan fingerprint density at radius 3 is 2.97 bits per heavy atom. The SMILES string of the molecule is C=CCn1c(=O)c2ccccc2n2c(SCC(=O)Nc3cc4c(cc3OCC)CC(C)O4)nnc12. The monoisotopic (exact) mass is 491 g/mol. The first-order chi connectivity index (χ1) is 17.0. The Labute approximate surface area is 205 Å². The van der Waals surface area contributed by atoms with Crippen molar-refractivity contribution in [3.63, 3.8) is 0 Å². The number of rotatable bonds is 8. The van der Waals surface area contributed by atoms with Gasteiger partial charge in [-0.3, -0.25) is 18.6 Å². The second-order valence-electron chi connectivity index (χ2n) is 8.20. The van der Waals surface area contributed by atoms with Crippen molar-refractivity contribution in [2.75, 3.05) is 17.7 Å². The van der Waals surface area contributed by atoms with Crippen molar-refractivity contribution in [3.05, 3.63) is 65.0 Å². The number of anilines is 1. The Hall–Kier alpha value is -3.79. The Kier molecular flexibility index (Phi) is 6.21. The zero-order valence-electron chi connectivity index (χ0n) is 19.5. The molecule has 0 saturated carbocycles. The fourth-order valence-electron chi connectivity index (χ4n) is 4.25. The van der Waals surface area contributed by atoms with Gasteiger partial charge in [0.05, 0.1) is 29.0 Å². The van der Waals surface area contributed by atoms with Crippen molar-refractivity contribution in [2.45, 2.75) is 38.1 Å². The van der Waals surface area contributed by atoms with Crippen LogP contribution in [0.25, 0.3) is 16.7 Å². The van der Waals surface area contributed by atoms with E-state index in [-0.39, 0.29) is 23.3 Å². The van der Waals surface area contributed by atoms with E-state index in [0.29, 0.717) is 46.4 Å². The third-order valence-electron chi connectivity index (χ3n) is 5.69. The lowest BCUT2D eigenvalue weighted by Crippen LogP contribution is -2.22. The number of allylic oxidation sites excluding steroid dienone is 1.